The zero-order valence-corrected chi connectivity index (χ0v) is 11.3. The molecule has 0 aliphatic carbocycles. The van der Waals surface area contributed by atoms with Crippen LogP contribution in [0.25, 0.3) is 0 Å². The maximum Gasteiger partial charge on any atom is 0.325 e. The monoisotopic (exact) mass is 289 g/mol. The van der Waals surface area contributed by atoms with Gasteiger partial charge < -0.3 is 26.6 Å². The summed E-state index contributed by atoms with van der Waals surface area (Å²) in [5.41, 5.74) is 5.34. The van der Waals surface area contributed by atoms with Crippen molar-refractivity contribution in [1.82, 2.24) is 10.6 Å². The molecule has 6 N–H and O–H groups in total. The van der Waals surface area contributed by atoms with Crippen LogP contribution < -0.4 is 16.4 Å². The van der Waals surface area contributed by atoms with Crippen molar-refractivity contribution in [1.29, 1.82) is 0 Å². The molecule has 0 radical (unpaired) electrons. The molecule has 0 saturated carbocycles. The molecule has 0 fully saturated rings. The van der Waals surface area contributed by atoms with Crippen molar-refractivity contribution in [2.24, 2.45) is 5.73 Å². The average Bonchev–Trinajstić information content (AvgIpc) is 2.33. The molecular weight excluding hydrogens is 270 g/mol. The van der Waals surface area contributed by atoms with Gasteiger partial charge in [0.25, 0.3) is 0 Å². The van der Waals surface area contributed by atoms with Crippen LogP contribution in [0, 0.1) is 0 Å². The van der Waals surface area contributed by atoms with Crippen molar-refractivity contribution >= 4 is 23.8 Å². The van der Waals surface area contributed by atoms with Gasteiger partial charge >= 0.3 is 11.9 Å². The van der Waals surface area contributed by atoms with Gasteiger partial charge in [0.1, 0.15) is 12.1 Å². The summed E-state index contributed by atoms with van der Waals surface area (Å²) in [4.78, 5) is 44.4. The zero-order chi connectivity index (χ0) is 15.9. The van der Waals surface area contributed by atoms with Crippen molar-refractivity contribution in [2.45, 2.75) is 44.8 Å². The number of carboxylic acid groups (broad SMARTS) is 2. The van der Waals surface area contributed by atoms with E-state index in [9.17, 15) is 19.2 Å². The maximum atomic E-state index is 11.8. The van der Waals surface area contributed by atoms with Crippen molar-refractivity contribution in [2.75, 3.05) is 0 Å². The van der Waals surface area contributed by atoms with E-state index < -0.39 is 41.9 Å². The highest BCUT2D eigenvalue weighted by Gasteiger charge is 2.25. The Morgan fingerprint density at radius 3 is 2.00 bits per heavy atom. The molecule has 0 spiro atoms. The Bertz CT molecular complexity index is 396. The number of nitrogens with one attached hydrogen (secondary N) is 2. The van der Waals surface area contributed by atoms with Gasteiger partial charge in [0.15, 0.2) is 0 Å². The molecule has 20 heavy (non-hydrogen) atoms. The number of hydrogen-bond donors (Lipinski definition) is 5. The summed E-state index contributed by atoms with van der Waals surface area (Å²) < 4.78 is 0. The molecule has 0 heterocycles. The van der Waals surface area contributed by atoms with Crippen LogP contribution in [-0.2, 0) is 19.2 Å². The van der Waals surface area contributed by atoms with Gasteiger partial charge in [-0.05, 0) is 20.3 Å². The zero-order valence-electron chi connectivity index (χ0n) is 11.3. The first-order chi connectivity index (χ1) is 9.15. The van der Waals surface area contributed by atoms with E-state index in [2.05, 4.69) is 10.6 Å². The van der Waals surface area contributed by atoms with Gasteiger partial charge in [-0.2, -0.15) is 0 Å². The van der Waals surface area contributed by atoms with Crippen LogP contribution in [0.5, 0.6) is 0 Å². The lowest BCUT2D eigenvalue weighted by atomic mass is 10.1. The number of carbonyl (C=O) groups is 4. The van der Waals surface area contributed by atoms with Gasteiger partial charge in [0.05, 0.1) is 6.04 Å². The fraction of sp³-hybridized carbons (Fsp3) is 0.636. The highest BCUT2D eigenvalue weighted by molar-refractivity contribution is 5.91. The Morgan fingerprint density at radius 2 is 1.60 bits per heavy atom. The first kappa shape index (κ1) is 17.8. The third-order valence-electron chi connectivity index (χ3n) is 2.42. The summed E-state index contributed by atoms with van der Waals surface area (Å²) in [7, 11) is 0. The standard InChI is InChI=1S/C11H19N3O6/c1-5(12)9(17)14-7(3-4-8(15)16)10(18)13-6(2)11(19)20/h5-7H,3-4,12H2,1-2H3,(H,13,18)(H,14,17)(H,15,16)(H,19,20)/t5-,6-,7+/m0/s1. The minimum atomic E-state index is -1.24. The minimum Gasteiger partial charge on any atom is -0.481 e. The lowest BCUT2D eigenvalue weighted by Gasteiger charge is -2.20. The first-order valence-electron chi connectivity index (χ1n) is 5.96. The summed E-state index contributed by atoms with van der Waals surface area (Å²) in [6.45, 7) is 2.66. The van der Waals surface area contributed by atoms with E-state index >= 15 is 0 Å². The molecule has 0 aliphatic heterocycles. The third-order valence-corrected chi connectivity index (χ3v) is 2.42. The molecule has 0 aromatic carbocycles. The van der Waals surface area contributed by atoms with E-state index in [1.807, 2.05) is 0 Å². The highest BCUT2D eigenvalue weighted by atomic mass is 16.4. The Morgan fingerprint density at radius 1 is 1.05 bits per heavy atom. The summed E-state index contributed by atoms with van der Waals surface area (Å²) >= 11 is 0. The van der Waals surface area contributed by atoms with Crippen LogP contribution >= 0.6 is 0 Å². The molecule has 0 aromatic heterocycles. The highest BCUT2D eigenvalue weighted by Crippen LogP contribution is 2.00. The van der Waals surface area contributed by atoms with Gasteiger partial charge in [-0.25, -0.2) is 0 Å². The minimum absolute atomic E-state index is 0.161. The van der Waals surface area contributed by atoms with Crippen LogP contribution in [0.1, 0.15) is 26.7 Å². The summed E-state index contributed by atoms with van der Waals surface area (Å²) in [5.74, 6) is -3.77. The molecule has 0 aromatic rings. The maximum absolute atomic E-state index is 11.8. The van der Waals surface area contributed by atoms with Gasteiger partial charge in [0.2, 0.25) is 11.8 Å². The molecular formula is C11H19N3O6. The molecule has 9 nitrogen and oxygen atoms in total. The van der Waals surface area contributed by atoms with E-state index in [0.29, 0.717) is 0 Å². The number of nitrogens with two attached hydrogens (primary N) is 1. The molecule has 0 unspecified atom stereocenters. The largest absolute Gasteiger partial charge is 0.481 e. The Labute approximate surface area is 115 Å². The van der Waals surface area contributed by atoms with Gasteiger partial charge in [-0.1, -0.05) is 0 Å². The molecule has 3 atom stereocenters. The lowest BCUT2D eigenvalue weighted by molar-refractivity contribution is -0.142. The van der Waals surface area contributed by atoms with Gasteiger partial charge in [0, 0.05) is 6.42 Å². The lowest BCUT2D eigenvalue weighted by Crippen LogP contribution is -2.53. The average molecular weight is 289 g/mol. The van der Waals surface area contributed by atoms with Gasteiger partial charge in [-0.15, -0.1) is 0 Å². The fourth-order valence-electron chi connectivity index (χ4n) is 1.22. The topological polar surface area (TPSA) is 159 Å². The van der Waals surface area contributed by atoms with E-state index in [1.165, 1.54) is 13.8 Å². The normalized spacial score (nSPS) is 14.8. The van der Waals surface area contributed by atoms with E-state index in [-0.39, 0.29) is 12.8 Å². The fourth-order valence-corrected chi connectivity index (χ4v) is 1.22. The number of amides is 2. The van der Waals surface area contributed by atoms with Crippen molar-refractivity contribution < 1.29 is 29.4 Å². The third kappa shape index (κ3) is 6.69. The smallest absolute Gasteiger partial charge is 0.325 e. The summed E-state index contributed by atoms with van der Waals surface area (Å²) in [5, 5.41) is 21.7. The first-order valence-corrected chi connectivity index (χ1v) is 5.96. The second kappa shape index (κ2) is 8.10. The molecule has 9 heteroatoms. The molecule has 0 rings (SSSR count). The second-order valence-electron chi connectivity index (χ2n) is 4.35. The quantitative estimate of drug-likeness (QED) is 0.355. The van der Waals surface area contributed by atoms with Crippen molar-refractivity contribution in [3.8, 4) is 0 Å². The van der Waals surface area contributed by atoms with E-state index in [4.69, 9.17) is 15.9 Å². The number of carboxylic acids is 2. The second-order valence-corrected chi connectivity index (χ2v) is 4.35. The van der Waals surface area contributed by atoms with Crippen LogP contribution in [0.3, 0.4) is 0 Å². The Kier molecular flexibility index (Phi) is 7.22. The molecule has 0 bridgehead atoms. The van der Waals surface area contributed by atoms with Crippen LogP contribution in [0.4, 0.5) is 0 Å². The van der Waals surface area contributed by atoms with Crippen LogP contribution in [-0.4, -0.2) is 52.1 Å². The molecule has 0 saturated heterocycles. The Balaban J connectivity index is 4.73. The number of rotatable bonds is 8. The van der Waals surface area contributed by atoms with E-state index in [1.54, 1.807) is 0 Å². The van der Waals surface area contributed by atoms with Crippen LogP contribution in [0.2, 0.25) is 0 Å². The summed E-state index contributed by atoms with van der Waals surface area (Å²) in [6, 6.07) is -3.17. The number of carbonyl (C=O) groups excluding carboxylic acids is 2. The number of aliphatic carboxylic acids is 2. The molecule has 2 amide bonds. The van der Waals surface area contributed by atoms with Crippen molar-refractivity contribution in [3.63, 3.8) is 0 Å². The van der Waals surface area contributed by atoms with Crippen molar-refractivity contribution in [3.05, 3.63) is 0 Å². The molecule has 114 valence electrons. The molecule has 0 aliphatic rings. The predicted molar refractivity (Wildman–Crippen MR) is 67.7 cm³/mol. The Hall–Kier alpha value is -2.16. The SMILES string of the molecule is C[C@H](N)C(=O)N[C@H](CCC(=O)O)C(=O)N[C@@H](C)C(=O)O. The van der Waals surface area contributed by atoms with Crippen LogP contribution in [0.15, 0.2) is 0 Å². The van der Waals surface area contributed by atoms with E-state index in [0.717, 1.165) is 0 Å². The van der Waals surface area contributed by atoms with Gasteiger partial charge in [-0.3, -0.25) is 19.2 Å². The number of hydrogen-bond acceptors (Lipinski definition) is 5. The predicted octanol–water partition coefficient (Wildman–Crippen LogP) is -1.73. The summed E-state index contributed by atoms with van der Waals surface area (Å²) in [6.07, 6.45) is -0.509.